The first-order valence-electron chi connectivity index (χ1n) is 7.28. The Morgan fingerprint density at radius 2 is 1.83 bits per heavy atom. The molecule has 4 rings (SSSR count). The molecule has 112 valence electrons. The third-order valence-electron chi connectivity index (χ3n) is 3.55. The molecule has 0 aliphatic rings. The Bertz CT molecular complexity index is 960. The zero-order valence-electron chi connectivity index (χ0n) is 12.5. The van der Waals surface area contributed by atoms with Crippen molar-refractivity contribution < 1.29 is 4.74 Å². The molecule has 3 aromatic heterocycles. The van der Waals surface area contributed by atoms with Crippen LogP contribution in [0.2, 0.25) is 0 Å². The topological polar surface area (TPSA) is 52.3 Å². The number of pyridine rings is 1. The van der Waals surface area contributed by atoms with Gasteiger partial charge in [0.1, 0.15) is 11.4 Å². The Balaban J connectivity index is 1.59. The van der Waals surface area contributed by atoms with Gasteiger partial charge in [0.25, 0.3) is 0 Å². The predicted octanol–water partition coefficient (Wildman–Crippen LogP) is 3.89. The van der Waals surface area contributed by atoms with Crippen LogP contribution in [-0.4, -0.2) is 19.4 Å². The van der Waals surface area contributed by atoms with Crippen LogP contribution in [0.15, 0.2) is 67.4 Å². The Kier molecular flexibility index (Phi) is 3.24. The van der Waals surface area contributed by atoms with Crippen molar-refractivity contribution in [1.82, 2.24) is 19.4 Å². The molecule has 0 radical (unpaired) electrons. The minimum Gasteiger partial charge on any atom is -0.424 e. The van der Waals surface area contributed by atoms with Crippen LogP contribution in [0, 0.1) is 6.92 Å². The van der Waals surface area contributed by atoms with Gasteiger partial charge in [-0.2, -0.15) is 0 Å². The molecule has 0 spiro atoms. The number of imidazole rings is 1. The maximum absolute atomic E-state index is 5.67. The van der Waals surface area contributed by atoms with Gasteiger partial charge in [0.05, 0.1) is 0 Å². The zero-order valence-corrected chi connectivity index (χ0v) is 12.5. The lowest BCUT2D eigenvalue weighted by molar-refractivity contribution is 0.441. The Morgan fingerprint density at radius 3 is 2.65 bits per heavy atom. The first-order chi connectivity index (χ1) is 11.3. The highest BCUT2D eigenvalue weighted by atomic mass is 16.5. The van der Waals surface area contributed by atoms with Gasteiger partial charge in [-0.15, -0.1) is 0 Å². The van der Waals surface area contributed by atoms with E-state index in [1.165, 1.54) is 0 Å². The number of ether oxygens (including phenoxy) is 1. The van der Waals surface area contributed by atoms with E-state index in [1.807, 2.05) is 60.1 Å². The second kappa shape index (κ2) is 5.53. The molecule has 0 fully saturated rings. The first kappa shape index (κ1) is 13.5. The van der Waals surface area contributed by atoms with Crippen molar-refractivity contribution in [2.24, 2.45) is 0 Å². The van der Waals surface area contributed by atoms with Crippen LogP contribution in [0.3, 0.4) is 0 Å². The van der Waals surface area contributed by atoms with Gasteiger partial charge < -0.3 is 9.14 Å². The highest BCUT2D eigenvalue weighted by Crippen LogP contribution is 2.22. The normalized spacial score (nSPS) is 10.8. The van der Waals surface area contributed by atoms with Gasteiger partial charge in [-0.05, 0) is 36.8 Å². The van der Waals surface area contributed by atoms with E-state index in [0.29, 0.717) is 6.01 Å². The number of rotatable bonds is 3. The lowest BCUT2D eigenvalue weighted by Crippen LogP contribution is -1.93. The molecular weight excluding hydrogens is 288 g/mol. The molecule has 0 amide bonds. The molecule has 5 heteroatoms. The summed E-state index contributed by atoms with van der Waals surface area (Å²) in [6, 6.07) is 12.1. The fraction of sp³-hybridized carbons (Fsp3) is 0.0556. The number of hydrogen-bond donors (Lipinski definition) is 0. The minimum atomic E-state index is 0.336. The quantitative estimate of drug-likeness (QED) is 0.576. The summed E-state index contributed by atoms with van der Waals surface area (Å²) in [5.74, 6) is 0.734. The second-order valence-electron chi connectivity index (χ2n) is 5.28. The zero-order chi connectivity index (χ0) is 15.6. The molecule has 0 unspecified atom stereocenters. The summed E-state index contributed by atoms with van der Waals surface area (Å²) in [4.78, 5) is 12.8. The molecule has 0 atom stereocenters. The Labute approximate surface area is 133 Å². The summed E-state index contributed by atoms with van der Waals surface area (Å²) in [5, 5.41) is 0. The van der Waals surface area contributed by atoms with Crippen molar-refractivity contribution in [3.8, 4) is 22.9 Å². The van der Waals surface area contributed by atoms with Crippen molar-refractivity contribution >= 4 is 5.65 Å². The third kappa shape index (κ3) is 2.76. The SMILES string of the molecule is Cc1cccc(Oc2ncc(-c3ccc4nccn4c3)cn2)c1. The molecule has 5 nitrogen and oxygen atoms in total. The van der Waals surface area contributed by atoms with Crippen LogP contribution in [0.25, 0.3) is 16.8 Å². The Morgan fingerprint density at radius 1 is 0.957 bits per heavy atom. The van der Waals surface area contributed by atoms with Crippen LogP contribution in [-0.2, 0) is 0 Å². The summed E-state index contributed by atoms with van der Waals surface area (Å²) in [6.45, 7) is 2.02. The number of aromatic nitrogens is 4. The molecule has 0 N–H and O–H groups in total. The summed E-state index contributed by atoms with van der Waals surface area (Å²) in [6.07, 6.45) is 9.21. The van der Waals surface area contributed by atoms with Crippen molar-refractivity contribution in [2.45, 2.75) is 6.92 Å². The number of benzene rings is 1. The van der Waals surface area contributed by atoms with E-state index >= 15 is 0 Å². The van der Waals surface area contributed by atoms with Crippen LogP contribution in [0.1, 0.15) is 5.56 Å². The number of hydrogen-bond acceptors (Lipinski definition) is 4. The van der Waals surface area contributed by atoms with E-state index in [1.54, 1.807) is 18.6 Å². The maximum Gasteiger partial charge on any atom is 0.321 e. The smallest absolute Gasteiger partial charge is 0.321 e. The first-order valence-corrected chi connectivity index (χ1v) is 7.28. The summed E-state index contributed by atoms with van der Waals surface area (Å²) >= 11 is 0. The van der Waals surface area contributed by atoms with Crippen molar-refractivity contribution in [2.75, 3.05) is 0 Å². The lowest BCUT2D eigenvalue weighted by Gasteiger charge is -2.06. The molecular formula is C18H14N4O. The largest absolute Gasteiger partial charge is 0.424 e. The molecule has 1 aromatic carbocycles. The molecule has 0 bridgehead atoms. The van der Waals surface area contributed by atoms with Gasteiger partial charge in [0, 0.05) is 42.1 Å². The van der Waals surface area contributed by atoms with Gasteiger partial charge in [-0.1, -0.05) is 12.1 Å². The van der Waals surface area contributed by atoms with E-state index in [-0.39, 0.29) is 0 Å². The van der Waals surface area contributed by atoms with Crippen LogP contribution in [0.5, 0.6) is 11.8 Å². The van der Waals surface area contributed by atoms with Gasteiger partial charge in [0.2, 0.25) is 0 Å². The van der Waals surface area contributed by atoms with Gasteiger partial charge in [0.15, 0.2) is 0 Å². The molecule has 0 aliphatic heterocycles. The van der Waals surface area contributed by atoms with Crippen molar-refractivity contribution in [3.63, 3.8) is 0 Å². The number of nitrogens with zero attached hydrogens (tertiary/aromatic N) is 4. The number of fused-ring (bicyclic) bond motifs is 1. The minimum absolute atomic E-state index is 0.336. The Hall–Kier alpha value is -3.21. The molecule has 0 saturated heterocycles. The fourth-order valence-electron chi connectivity index (χ4n) is 2.39. The van der Waals surface area contributed by atoms with E-state index in [0.717, 1.165) is 28.1 Å². The molecule has 23 heavy (non-hydrogen) atoms. The highest BCUT2D eigenvalue weighted by Gasteiger charge is 2.04. The summed E-state index contributed by atoms with van der Waals surface area (Å²) in [7, 11) is 0. The van der Waals surface area contributed by atoms with Gasteiger partial charge >= 0.3 is 6.01 Å². The molecule has 0 saturated carbocycles. The third-order valence-corrected chi connectivity index (χ3v) is 3.55. The van der Waals surface area contributed by atoms with Crippen molar-refractivity contribution in [3.05, 3.63) is 72.9 Å². The average molecular weight is 302 g/mol. The van der Waals surface area contributed by atoms with E-state index in [9.17, 15) is 0 Å². The predicted molar refractivity (Wildman–Crippen MR) is 87.5 cm³/mol. The average Bonchev–Trinajstić information content (AvgIpc) is 3.03. The molecule has 3 heterocycles. The monoisotopic (exact) mass is 302 g/mol. The molecule has 0 aliphatic carbocycles. The standard InChI is InChI=1S/C18H14N4O/c1-13-3-2-4-16(9-13)23-18-20-10-15(11-21-18)14-5-6-17-19-7-8-22(17)12-14/h2-12H,1H3. The maximum atomic E-state index is 5.67. The number of aryl methyl sites for hydroxylation is 1. The fourth-order valence-corrected chi connectivity index (χ4v) is 2.39. The van der Waals surface area contributed by atoms with Gasteiger partial charge in [-0.3, -0.25) is 0 Å². The molecule has 4 aromatic rings. The van der Waals surface area contributed by atoms with Crippen molar-refractivity contribution in [1.29, 1.82) is 0 Å². The van der Waals surface area contributed by atoms with Crippen LogP contribution >= 0.6 is 0 Å². The second-order valence-corrected chi connectivity index (χ2v) is 5.28. The van der Waals surface area contributed by atoms with Crippen LogP contribution in [0.4, 0.5) is 0 Å². The van der Waals surface area contributed by atoms with Gasteiger partial charge in [-0.25, -0.2) is 15.0 Å². The highest BCUT2D eigenvalue weighted by molar-refractivity contribution is 5.63. The summed E-state index contributed by atoms with van der Waals surface area (Å²) in [5.41, 5.74) is 4.00. The van der Waals surface area contributed by atoms with Crippen LogP contribution < -0.4 is 4.74 Å². The summed E-state index contributed by atoms with van der Waals surface area (Å²) < 4.78 is 7.64. The lowest BCUT2D eigenvalue weighted by atomic mass is 10.1. The van der Waals surface area contributed by atoms with E-state index in [4.69, 9.17) is 4.74 Å². The van der Waals surface area contributed by atoms with E-state index in [2.05, 4.69) is 15.0 Å². The van der Waals surface area contributed by atoms with E-state index < -0.39 is 0 Å².